The number of halogens is 3. The molecule has 1 saturated heterocycles. The van der Waals surface area contributed by atoms with Crippen molar-refractivity contribution < 1.29 is 13.5 Å². The van der Waals surface area contributed by atoms with Gasteiger partial charge in [-0.15, -0.1) is 24.0 Å². The number of rotatable bonds is 9. The lowest BCUT2D eigenvalue weighted by atomic mass is 10.2. The van der Waals surface area contributed by atoms with Gasteiger partial charge in [0.25, 0.3) is 0 Å². The van der Waals surface area contributed by atoms with Crippen molar-refractivity contribution in [3.63, 3.8) is 0 Å². The van der Waals surface area contributed by atoms with Gasteiger partial charge in [-0.25, -0.2) is 8.78 Å². The summed E-state index contributed by atoms with van der Waals surface area (Å²) in [4.78, 5) is 6.35. The Balaban J connectivity index is 0.00000280. The van der Waals surface area contributed by atoms with Crippen molar-refractivity contribution in [3.8, 4) is 0 Å². The lowest BCUT2D eigenvalue weighted by Crippen LogP contribution is -2.44. The normalized spacial score (nSPS) is 19.5. The fourth-order valence-corrected chi connectivity index (χ4v) is 3.28. The fourth-order valence-electron chi connectivity index (χ4n) is 3.28. The lowest BCUT2D eigenvalue weighted by molar-refractivity contribution is 0.123. The molecule has 2 fully saturated rings. The van der Waals surface area contributed by atoms with Gasteiger partial charge in [0, 0.05) is 45.4 Å². The number of para-hydroxylation sites is 1. The molecule has 1 atom stereocenters. The standard InChI is InChI=1S/C20H30F2N4O.HI/c1-2-23-20(24-10-4-12-27-14-15-7-8-15)25-16-9-11-26(13-16)19-17(21)5-3-6-18(19)22;/h3,5-6,15-16H,2,4,7-14H2,1H3,(H2,23,24,25);1H. The Morgan fingerprint density at radius 2 is 2.00 bits per heavy atom. The predicted molar refractivity (Wildman–Crippen MR) is 120 cm³/mol. The van der Waals surface area contributed by atoms with E-state index < -0.39 is 11.6 Å². The van der Waals surface area contributed by atoms with Gasteiger partial charge in [0.05, 0.1) is 0 Å². The van der Waals surface area contributed by atoms with E-state index >= 15 is 0 Å². The van der Waals surface area contributed by atoms with Gasteiger partial charge in [0.1, 0.15) is 17.3 Å². The molecule has 1 unspecified atom stereocenters. The summed E-state index contributed by atoms with van der Waals surface area (Å²) in [6.45, 7) is 6.26. The Kier molecular flexibility index (Phi) is 9.70. The number of ether oxygens (including phenoxy) is 1. The van der Waals surface area contributed by atoms with Crippen molar-refractivity contribution in [1.29, 1.82) is 0 Å². The average Bonchev–Trinajstić information content (AvgIpc) is 3.36. The zero-order valence-corrected chi connectivity index (χ0v) is 18.8. The zero-order valence-electron chi connectivity index (χ0n) is 16.4. The number of hydrogen-bond acceptors (Lipinski definition) is 3. The number of anilines is 1. The third kappa shape index (κ3) is 7.02. The largest absolute Gasteiger partial charge is 0.381 e. The van der Waals surface area contributed by atoms with Crippen LogP contribution >= 0.6 is 24.0 Å². The second kappa shape index (κ2) is 11.7. The van der Waals surface area contributed by atoms with Crippen molar-refractivity contribution in [1.82, 2.24) is 10.6 Å². The Bertz CT molecular complexity index is 622. The molecule has 1 aromatic rings. The maximum atomic E-state index is 14.0. The minimum absolute atomic E-state index is 0. The van der Waals surface area contributed by atoms with Gasteiger partial charge in [-0.2, -0.15) is 0 Å². The number of hydrogen-bond donors (Lipinski definition) is 2. The average molecular weight is 508 g/mol. The van der Waals surface area contributed by atoms with Crippen molar-refractivity contribution in [2.75, 3.05) is 44.3 Å². The quantitative estimate of drug-likeness (QED) is 0.232. The van der Waals surface area contributed by atoms with E-state index in [1.807, 2.05) is 6.92 Å². The summed E-state index contributed by atoms with van der Waals surface area (Å²) >= 11 is 0. The Hall–Kier alpha value is -1.16. The van der Waals surface area contributed by atoms with Crippen LogP contribution in [0.5, 0.6) is 0 Å². The maximum Gasteiger partial charge on any atom is 0.191 e. The van der Waals surface area contributed by atoms with Crippen LogP contribution in [0.25, 0.3) is 0 Å². The molecule has 0 radical (unpaired) electrons. The summed E-state index contributed by atoms with van der Waals surface area (Å²) in [7, 11) is 0. The molecule has 0 aromatic heterocycles. The van der Waals surface area contributed by atoms with E-state index in [0.717, 1.165) is 44.5 Å². The highest BCUT2D eigenvalue weighted by atomic mass is 127. The van der Waals surface area contributed by atoms with Crippen LogP contribution in [0, 0.1) is 17.6 Å². The molecule has 1 heterocycles. The maximum absolute atomic E-state index is 14.0. The molecule has 158 valence electrons. The van der Waals surface area contributed by atoms with E-state index in [1.54, 1.807) is 4.90 Å². The Labute approximate surface area is 183 Å². The Morgan fingerprint density at radius 3 is 2.68 bits per heavy atom. The molecule has 0 spiro atoms. The first-order valence-corrected chi connectivity index (χ1v) is 9.99. The van der Waals surface area contributed by atoms with Crippen LogP contribution in [0.15, 0.2) is 23.2 Å². The van der Waals surface area contributed by atoms with Crippen LogP contribution in [-0.4, -0.2) is 51.4 Å². The van der Waals surface area contributed by atoms with E-state index in [4.69, 9.17) is 4.74 Å². The second-order valence-corrected chi connectivity index (χ2v) is 7.28. The minimum Gasteiger partial charge on any atom is -0.381 e. The third-order valence-electron chi connectivity index (χ3n) is 4.89. The van der Waals surface area contributed by atoms with Gasteiger partial charge in [0.2, 0.25) is 0 Å². The van der Waals surface area contributed by atoms with Gasteiger partial charge in [0.15, 0.2) is 5.96 Å². The van der Waals surface area contributed by atoms with E-state index in [9.17, 15) is 8.78 Å². The number of guanidine groups is 1. The van der Waals surface area contributed by atoms with Crippen LogP contribution < -0.4 is 15.5 Å². The molecule has 2 N–H and O–H groups in total. The molecule has 3 rings (SSSR count). The molecule has 5 nitrogen and oxygen atoms in total. The van der Waals surface area contributed by atoms with Gasteiger partial charge < -0.3 is 20.3 Å². The summed E-state index contributed by atoms with van der Waals surface area (Å²) < 4.78 is 33.6. The SMILES string of the molecule is CCNC(=NCCCOCC1CC1)NC1CCN(c2c(F)cccc2F)C1.I. The summed E-state index contributed by atoms with van der Waals surface area (Å²) in [6.07, 6.45) is 4.31. The van der Waals surface area contributed by atoms with E-state index in [-0.39, 0.29) is 35.7 Å². The monoisotopic (exact) mass is 508 g/mol. The molecular formula is C20H31F2IN4O. The topological polar surface area (TPSA) is 48.9 Å². The van der Waals surface area contributed by atoms with Crippen molar-refractivity contribution in [2.24, 2.45) is 10.9 Å². The van der Waals surface area contributed by atoms with Crippen LogP contribution in [0.1, 0.15) is 32.6 Å². The van der Waals surface area contributed by atoms with Crippen molar-refractivity contribution in [2.45, 2.75) is 38.6 Å². The van der Waals surface area contributed by atoms with Crippen LogP contribution in [0.3, 0.4) is 0 Å². The first-order chi connectivity index (χ1) is 13.2. The molecular weight excluding hydrogens is 477 g/mol. The van der Waals surface area contributed by atoms with Crippen molar-refractivity contribution in [3.05, 3.63) is 29.8 Å². The molecule has 0 bridgehead atoms. The van der Waals surface area contributed by atoms with Crippen LogP contribution in [-0.2, 0) is 4.74 Å². The molecule has 1 saturated carbocycles. The van der Waals surface area contributed by atoms with Crippen LogP contribution in [0.4, 0.5) is 14.5 Å². The van der Waals surface area contributed by atoms with Crippen LogP contribution in [0.2, 0.25) is 0 Å². The highest BCUT2D eigenvalue weighted by Gasteiger charge is 2.27. The Morgan fingerprint density at radius 1 is 1.25 bits per heavy atom. The van der Waals surface area contributed by atoms with E-state index in [2.05, 4.69) is 15.6 Å². The summed E-state index contributed by atoms with van der Waals surface area (Å²) in [5, 5.41) is 6.62. The van der Waals surface area contributed by atoms with Gasteiger partial charge in [-0.1, -0.05) is 6.07 Å². The molecule has 1 aliphatic carbocycles. The summed E-state index contributed by atoms with van der Waals surface area (Å²) in [5.41, 5.74) is 0.0663. The minimum atomic E-state index is -0.512. The second-order valence-electron chi connectivity index (χ2n) is 7.28. The molecule has 1 aliphatic heterocycles. The summed E-state index contributed by atoms with van der Waals surface area (Å²) in [5.74, 6) is 0.516. The molecule has 1 aromatic carbocycles. The fraction of sp³-hybridized carbons (Fsp3) is 0.650. The molecule has 8 heteroatoms. The van der Waals surface area contributed by atoms with Crippen molar-refractivity contribution >= 4 is 35.6 Å². The zero-order chi connectivity index (χ0) is 19.1. The summed E-state index contributed by atoms with van der Waals surface area (Å²) in [6, 6.07) is 4.10. The number of nitrogens with one attached hydrogen (secondary N) is 2. The third-order valence-corrected chi connectivity index (χ3v) is 4.89. The number of benzene rings is 1. The molecule has 0 amide bonds. The number of nitrogens with zero attached hydrogens (tertiary/aromatic N) is 2. The highest BCUT2D eigenvalue weighted by Crippen LogP contribution is 2.28. The first kappa shape index (κ1) is 23.1. The lowest BCUT2D eigenvalue weighted by Gasteiger charge is -2.21. The van der Waals surface area contributed by atoms with E-state index in [1.165, 1.54) is 31.0 Å². The van der Waals surface area contributed by atoms with Gasteiger partial charge in [-0.05, 0) is 50.7 Å². The smallest absolute Gasteiger partial charge is 0.191 e. The predicted octanol–water partition coefficient (Wildman–Crippen LogP) is 3.53. The molecule has 28 heavy (non-hydrogen) atoms. The molecule has 2 aliphatic rings. The van der Waals surface area contributed by atoms with Gasteiger partial charge >= 0.3 is 0 Å². The number of aliphatic imine (C=N–C) groups is 1. The van der Waals surface area contributed by atoms with E-state index in [0.29, 0.717) is 19.6 Å². The van der Waals surface area contributed by atoms with Gasteiger partial charge in [-0.3, -0.25) is 4.99 Å². The first-order valence-electron chi connectivity index (χ1n) is 9.99. The highest BCUT2D eigenvalue weighted by molar-refractivity contribution is 14.0.